The first kappa shape index (κ1) is 12.6. The molecule has 1 aliphatic heterocycles. The third-order valence-corrected chi connectivity index (χ3v) is 3.37. The predicted molar refractivity (Wildman–Crippen MR) is 67.5 cm³/mol. The zero-order chi connectivity index (χ0) is 12.3. The van der Waals surface area contributed by atoms with Crippen LogP contribution in [0.15, 0.2) is 6.20 Å². The van der Waals surface area contributed by atoms with E-state index < -0.39 is 0 Å². The minimum absolute atomic E-state index is 0.0839. The van der Waals surface area contributed by atoms with Crippen molar-refractivity contribution in [3.63, 3.8) is 0 Å². The van der Waals surface area contributed by atoms with Crippen LogP contribution in [0.1, 0.15) is 43.1 Å². The lowest BCUT2D eigenvalue weighted by Gasteiger charge is -2.22. The molecule has 5 heteroatoms. The monoisotopic (exact) mass is 255 g/mol. The van der Waals surface area contributed by atoms with E-state index in [0.29, 0.717) is 10.7 Å². The van der Waals surface area contributed by atoms with Crippen molar-refractivity contribution in [1.82, 2.24) is 15.1 Å². The molecule has 2 heterocycles. The molecule has 1 aliphatic rings. The first-order valence-corrected chi connectivity index (χ1v) is 6.60. The van der Waals surface area contributed by atoms with Crippen molar-refractivity contribution in [3.8, 4) is 0 Å². The second kappa shape index (κ2) is 5.65. The molecule has 1 atom stereocenters. The molecular weight excluding hydrogens is 238 g/mol. The smallest absolute Gasteiger partial charge is 0.199 e. The quantitative estimate of drug-likeness (QED) is 0.840. The van der Waals surface area contributed by atoms with E-state index in [4.69, 9.17) is 11.6 Å². The minimum Gasteiger partial charge on any atom is -0.307 e. The molecule has 4 nitrogen and oxygen atoms in total. The highest BCUT2D eigenvalue weighted by atomic mass is 35.5. The Morgan fingerprint density at radius 2 is 2.47 bits per heavy atom. The second-order valence-corrected chi connectivity index (χ2v) is 4.84. The first-order chi connectivity index (χ1) is 8.24. The molecule has 94 valence electrons. The summed E-state index contributed by atoms with van der Waals surface area (Å²) in [5, 5.41) is 7.88. The van der Waals surface area contributed by atoms with Gasteiger partial charge in [0.15, 0.2) is 5.78 Å². The van der Waals surface area contributed by atoms with Crippen LogP contribution in [-0.4, -0.2) is 28.2 Å². The van der Waals surface area contributed by atoms with Crippen LogP contribution in [0.4, 0.5) is 0 Å². The Labute approximate surface area is 106 Å². The van der Waals surface area contributed by atoms with Crippen LogP contribution in [0.2, 0.25) is 5.02 Å². The number of carbonyl (C=O) groups is 1. The van der Waals surface area contributed by atoms with Crippen LogP contribution in [-0.2, 0) is 6.54 Å². The summed E-state index contributed by atoms with van der Waals surface area (Å²) in [6.45, 7) is 3.71. The van der Waals surface area contributed by atoms with Gasteiger partial charge in [-0.3, -0.25) is 9.48 Å². The number of hydrogen-bond acceptors (Lipinski definition) is 3. The molecule has 0 saturated carbocycles. The number of halogens is 1. The summed E-state index contributed by atoms with van der Waals surface area (Å²) in [5.74, 6) is 0.0839. The van der Waals surface area contributed by atoms with Crippen LogP contribution in [0.25, 0.3) is 0 Å². The molecule has 1 N–H and O–H groups in total. The maximum atomic E-state index is 12.4. The van der Waals surface area contributed by atoms with Crippen LogP contribution in [0, 0.1) is 0 Å². The van der Waals surface area contributed by atoms with Gasteiger partial charge in [0.25, 0.3) is 0 Å². The molecular formula is C12H18ClN3O. The summed E-state index contributed by atoms with van der Waals surface area (Å²) in [7, 11) is 0. The number of Topliss-reactive ketones (excluding diaryl/α,β-unsaturated/α-hetero) is 1. The van der Waals surface area contributed by atoms with Gasteiger partial charge in [0.2, 0.25) is 0 Å². The lowest BCUT2D eigenvalue weighted by Crippen LogP contribution is -2.41. The Hall–Kier alpha value is -0.870. The maximum absolute atomic E-state index is 12.4. The van der Waals surface area contributed by atoms with Crippen molar-refractivity contribution in [2.45, 2.75) is 45.2 Å². The summed E-state index contributed by atoms with van der Waals surface area (Å²) < 4.78 is 1.72. The van der Waals surface area contributed by atoms with Gasteiger partial charge in [0.05, 0.1) is 17.3 Å². The number of ketones is 1. The molecule has 0 amide bonds. The van der Waals surface area contributed by atoms with E-state index in [9.17, 15) is 4.79 Å². The van der Waals surface area contributed by atoms with E-state index in [1.54, 1.807) is 10.9 Å². The summed E-state index contributed by atoms with van der Waals surface area (Å²) in [6.07, 6.45) is 5.64. The molecule has 2 rings (SSSR count). The maximum Gasteiger partial charge on any atom is 0.199 e. The minimum atomic E-state index is -0.0893. The normalized spacial score (nSPS) is 20.5. The van der Waals surface area contributed by atoms with Gasteiger partial charge in [0.1, 0.15) is 5.69 Å². The number of rotatable bonds is 4. The number of nitrogens with one attached hydrogen (secondary N) is 1. The topological polar surface area (TPSA) is 46.9 Å². The Morgan fingerprint density at radius 1 is 1.65 bits per heavy atom. The molecule has 0 aromatic carbocycles. The average Bonchev–Trinajstić information content (AvgIpc) is 2.71. The van der Waals surface area contributed by atoms with Crippen molar-refractivity contribution in [2.75, 3.05) is 6.54 Å². The van der Waals surface area contributed by atoms with Crippen molar-refractivity contribution in [1.29, 1.82) is 0 Å². The second-order valence-electron chi connectivity index (χ2n) is 4.43. The summed E-state index contributed by atoms with van der Waals surface area (Å²) in [4.78, 5) is 12.4. The van der Waals surface area contributed by atoms with E-state index in [2.05, 4.69) is 17.3 Å². The molecule has 17 heavy (non-hydrogen) atoms. The third kappa shape index (κ3) is 2.69. The van der Waals surface area contributed by atoms with Crippen molar-refractivity contribution in [3.05, 3.63) is 16.9 Å². The van der Waals surface area contributed by atoms with Gasteiger partial charge in [0, 0.05) is 6.54 Å². The molecule has 0 spiro atoms. The van der Waals surface area contributed by atoms with Crippen molar-refractivity contribution in [2.24, 2.45) is 0 Å². The van der Waals surface area contributed by atoms with Crippen molar-refractivity contribution < 1.29 is 4.79 Å². The standard InChI is InChI=1S/C12H18ClN3O/c1-2-7-16-11(9(13)8-15-16)12(17)10-5-3-4-6-14-10/h8,10,14H,2-7H2,1H3. The molecule has 1 unspecified atom stereocenters. The number of carbonyl (C=O) groups excluding carboxylic acids is 1. The Bertz CT molecular complexity index is 396. The number of aryl methyl sites for hydroxylation is 1. The molecule has 0 bridgehead atoms. The van der Waals surface area contributed by atoms with Gasteiger partial charge in [-0.1, -0.05) is 24.9 Å². The van der Waals surface area contributed by atoms with Crippen LogP contribution in [0.3, 0.4) is 0 Å². The lowest BCUT2D eigenvalue weighted by atomic mass is 9.99. The van der Waals surface area contributed by atoms with Crippen LogP contribution < -0.4 is 5.32 Å². The average molecular weight is 256 g/mol. The van der Waals surface area contributed by atoms with Crippen molar-refractivity contribution >= 4 is 17.4 Å². The van der Waals surface area contributed by atoms with Gasteiger partial charge in [-0.2, -0.15) is 5.10 Å². The van der Waals surface area contributed by atoms with E-state index in [1.165, 1.54) is 0 Å². The summed E-state index contributed by atoms with van der Waals surface area (Å²) in [5.41, 5.74) is 0.563. The summed E-state index contributed by atoms with van der Waals surface area (Å²) in [6, 6.07) is -0.0893. The molecule has 1 aromatic heterocycles. The highest BCUT2D eigenvalue weighted by Gasteiger charge is 2.26. The van der Waals surface area contributed by atoms with Gasteiger partial charge < -0.3 is 5.32 Å². The van der Waals surface area contributed by atoms with Gasteiger partial charge >= 0.3 is 0 Å². The molecule has 1 saturated heterocycles. The zero-order valence-corrected chi connectivity index (χ0v) is 10.8. The van der Waals surface area contributed by atoms with Gasteiger partial charge in [-0.25, -0.2) is 0 Å². The predicted octanol–water partition coefficient (Wildman–Crippen LogP) is 2.27. The molecule has 1 aromatic rings. The highest BCUT2D eigenvalue weighted by Crippen LogP contribution is 2.20. The SMILES string of the molecule is CCCn1ncc(Cl)c1C(=O)C1CCCCN1. The van der Waals surface area contributed by atoms with E-state index in [0.717, 1.165) is 38.8 Å². The fraction of sp³-hybridized carbons (Fsp3) is 0.667. The van der Waals surface area contributed by atoms with E-state index in [1.807, 2.05) is 0 Å². The van der Waals surface area contributed by atoms with E-state index >= 15 is 0 Å². The molecule has 0 aliphatic carbocycles. The number of nitrogens with zero attached hydrogens (tertiary/aromatic N) is 2. The number of piperidine rings is 1. The zero-order valence-electron chi connectivity index (χ0n) is 10.1. The largest absolute Gasteiger partial charge is 0.307 e. The van der Waals surface area contributed by atoms with Crippen LogP contribution >= 0.6 is 11.6 Å². The fourth-order valence-electron chi connectivity index (χ4n) is 2.23. The Morgan fingerprint density at radius 3 is 3.12 bits per heavy atom. The number of aromatic nitrogens is 2. The molecule has 0 radical (unpaired) electrons. The van der Waals surface area contributed by atoms with Gasteiger partial charge in [-0.05, 0) is 25.8 Å². The highest BCUT2D eigenvalue weighted by molar-refractivity contribution is 6.33. The molecule has 1 fully saturated rings. The third-order valence-electron chi connectivity index (χ3n) is 3.09. The van der Waals surface area contributed by atoms with Gasteiger partial charge in [-0.15, -0.1) is 0 Å². The van der Waals surface area contributed by atoms with E-state index in [-0.39, 0.29) is 11.8 Å². The van der Waals surface area contributed by atoms with Crippen LogP contribution in [0.5, 0.6) is 0 Å². The Balaban J connectivity index is 2.19. The number of hydrogen-bond donors (Lipinski definition) is 1. The fourth-order valence-corrected chi connectivity index (χ4v) is 2.46. The lowest BCUT2D eigenvalue weighted by molar-refractivity contribution is 0.0916. The first-order valence-electron chi connectivity index (χ1n) is 6.23. The Kier molecular flexibility index (Phi) is 4.18. The summed E-state index contributed by atoms with van der Waals surface area (Å²) >= 11 is 6.06.